The zero-order chi connectivity index (χ0) is 5.82. The van der Waals surface area contributed by atoms with Crippen LogP contribution in [-0.2, 0) is 0 Å². The zero-order valence-corrected chi connectivity index (χ0v) is 4.79. The third kappa shape index (κ3) is 2.94. The molecule has 1 rings (SSSR count). The van der Waals surface area contributed by atoms with Gasteiger partial charge >= 0.3 is 37.6 Å². The molecule has 0 unspecified atom stereocenters. The Morgan fingerprint density at radius 1 is 1.11 bits per heavy atom. The maximum atomic E-state index is 4.91. The fourth-order valence-electron chi connectivity index (χ4n) is 0.557. The van der Waals surface area contributed by atoms with Crippen molar-refractivity contribution in [2.75, 3.05) is 0 Å². The molecule has 0 aliphatic heterocycles. The second kappa shape index (κ2) is 4.92. The molecule has 0 heterocycles. The molecule has 0 aliphatic carbocycles. The van der Waals surface area contributed by atoms with Crippen LogP contribution < -0.4 is 4.65 Å². The van der Waals surface area contributed by atoms with Crippen molar-refractivity contribution in [1.29, 1.82) is 0 Å². The van der Waals surface area contributed by atoms with E-state index in [-0.39, 0.29) is 29.6 Å². The van der Waals surface area contributed by atoms with Crippen molar-refractivity contribution in [2.45, 2.75) is 0 Å². The number of benzene rings is 1. The van der Waals surface area contributed by atoms with Gasteiger partial charge in [-0.05, 0) is 12.1 Å². The fraction of sp³-hybridized carbons (Fsp3) is 0. The van der Waals surface area contributed by atoms with Crippen molar-refractivity contribution in [3.8, 4) is 5.75 Å². The van der Waals surface area contributed by atoms with Crippen molar-refractivity contribution in [2.24, 2.45) is 0 Å². The van der Waals surface area contributed by atoms with E-state index in [0.717, 1.165) is 5.75 Å². The Balaban J connectivity index is 0.000000640. The van der Waals surface area contributed by atoms with Gasteiger partial charge in [0.05, 0.1) is 5.75 Å². The summed E-state index contributed by atoms with van der Waals surface area (Å²) in [4.78, 5) is 0. The predicted molar refractivity (Wildman–Crippen MR) is 42.8 cm³/mol. The van der Waals surface area contributed by atoms with E-state index in [1.807, 2.05) is 30.3 Å². The Kier molecular flexibility index (Phi) is 4.96. The van der Waals surface area contributed by atoms with Crippen LogP contribution in [-0.4, -0.2) is 37.6 Å². The van der Waals surface area contributed by atoms with Gasteiger partial charge < -0.3 is 4.65 Å². The SMILES string of the molecule is BOc1ccccc1.[NaH]. The first kappa shape index (κ1) is 9.08. The second-order valence-corrected chi connectivity index (χ2v) is 1.52. The van der Waals surface area contributed by atoms with E-state index in [1.54, 1.807) is 8.05 Å². The third-order valence-corrected chi connectivity index (χ3v) is 0.979. The van der Waals surface area contributed by atoms with Gasteiger partial charge in [-0.1, -0.05) is 18.2 Å². The third-order valence-electron chi connectivity index (χ3n) is 0.979. The summed E-state index contributed by atoms with van der Waals surface area (Å²) < 4.78 is 4.91. The van der Waals surface area contributed by atoms with Crippen molar-refractivity contribution in [3.05, 3.63) is 30.3 Å². The Bertz CT molecular complexity index is 154. The van der Waals surface area contributed by atoms with Crippen LogP contribution in [0, 0.1) is 0 Å². The van der Waals surface area contributed by atoms with Gasteiger partial charge in [0.25, 0.3) is 0 Å². The Labute approximate surface area is 78.1 Å². The van der Waals surface area contributed by atoms with E-state index in [0.29, 0.717) is 0 Å². The molecule has 0 atom stereocenters. The molecule has 0 saturated carbocycles. The first-order valence-corrected chi connectivity index (χ1v) is 2.52. The number of hydrogen-bond donors (Lipinski definition) is 0. The Hall–Kier alpha value is 0.0849. The molecule has 0 radical (unpaired) electrons. The Morgan fingerprint density at radius 3 is 2.00 bits per heavy atom. The summed E-state index contributed by atoms with van der Waals surface area (Å²) in [6.07, 6.45) is 0. The average molecular weight is 130 g/mol. The molecule has 0 spiro atoms. The minimum absolute atomic E-state index is 0. The van der Waals surface area contributed by atoms with Gasteiger partial charge in [-0.25, -0.2) is 0 Å². The number of rotatable bonds is 1. The molecule has 42 valence electrons. The fourth-order valence-corrected chi connectivity index (χ4v) is 0.557. The van der Waals surface area contributed by atoms with Gasteiger partial charge in [-0.2, -0.15) is 0 Å². The summed E-state index contributed by atoms with van der Waals surface area (Å²) >= 11 is 0. The van der Waals surface area contributed by atoms with Gasteiger partial charge in [0, 0.05) is 0 Å². The summed E-state index contributed by atoms with van der Waals surface area (Å²) in [7, 11) is 1.66. The van der Waals surface area contributed by atoms with Crippen LogP contribution in [0.25, 0.3) is 0 Å². The normalized spacial score (nSPS) is 7.56. The first-order valence-electron chi connectivity index (χ1n) is 2.52. The molecule has 0 aliphatic rings. The van der Waals surface area contributed by atoms with Crippen LogP contribution in [0.15, 0.2) is 30.3 Å². The van der Waals surface area contributed by atoms with Gasteiger partial charge in [0.1, 0.15) is 0 Å². The van der Waals surface area contributed by atoms with Gasteiger partial charge in [0.15, 0.2) is 0 Å². The van der Waals surface area contributed by atoms with Crippen molar-refractivity contribution < 1.29 is 4.65 Å². The summed E-state index contributed by atoms with van der Waals surface area (Å²) in [6, 6.07) is 9.68. The minimum atomic E-state index is 0. The quantitative estimate of drug-likeness (QED) is 0.485. The molecule has 0 amide bonds. The van der Waals surface area contributed by atoms with E-state index >= 15 is 0 Å². The summed E-state index contributed by atoms with van der Waals surface area (Å²) in [5, 5.41) is 0. The molecule has 0 fully saturated rings. The molecule has 0 aromatic heterocycles. The van der Waals surface area contributed by atoms with E-state index in [4.69, 9.17) is 4.65 Å². The van der Waals surface area contributed by atoms with Crippen molar-refractivity contribution in [3.63, 3.8) is 0 Å². The summed E-state index contributed by atoms with van der Waals surface area (Å²) in [5.74, 6) is 0.910. The molecular formula is C6H8BNaO. The van der Waals surface area contributed by atoms with Crippen molar-refractivity contribution in [1.82, 2.24) is 0 Å². The molecule has 3 heteroatoms. The standard InChI is InChI=1S/C6H7BO.Na.H/c7-8-6-4-2-1-3-5-6;;/h1-5H,7H2;;. The molecule has 0 saturated heterocycles. The monoisotopic (exact) mass is 130 g/mol. The summed E-state index contributed by atoms with van der Waals surface area (Å²) in [5.41, 5.74) is 0. The van der Waals surface area contributed by atoms with E-state index < -0.39 is 0 Å². The van der Waals surface area contributed by atoms with E-state index in [9.17, 15) is 0 Å². The van der Waals surface area contributed by atoms with Crippen LogP contribution in [0.3, 0.4) is 0 Å². The van der Waals surface area contributed by atoms with Gasteiger partial charge in [-0.15, -0.1) is 0 Å². The topological polar surface area (TPSA) is 9.23 Å². The van der Waals surface area contributed by atoms with E-state index in [2.05, 4.69) is 0 Å². The molecule has 9 heavy (non-hydrogen) atoms. The van der Waals surface area contributed by atoms with Crippen LogP contribution in [0.2, 0.25) is 0 Å². The zero-order valence-electron chi connectivity index (χ0n) is 4.79. The molecule has 1 nitrogen and oxygen atoms in total. The van der Waals surface area contributed by atoms with Crippen LogP contribution >= 0.6 is 0 Å². The molecule has 0 N–H and O–H groups in total. The molecule has 1 aromatic rings. The molecule has 1 aromatic carbocycles. The molecule has 0 bridgehead atoms. The van der Waals surface area contributed by atoms with Crippen LogP contribution in [0.1, 0.15) is 0 Å². The average Bonchev–Trinajstić information content (AvgIpc) is 1.90. The van der Waals surface area contributed by atoms with E-state index in [1.165, 1.54) is 0 Å². The number of para-hydroxylation sites is 1. The van der Waals surface area contributed by atoms with Crippen molar-refractivity contribution >= 4 is 37.6 Å². The predicted octanol–water partition coefficient (Wildman–Crippen LogP) is -0.0350. The number of hydrogen-bond acceptors (Lipinski definition) is 1. The van der Waals surface area contributed by atoms with Crippen LogP contribution in [0.4, 0.5) is 0 Å². The molecular weight excluding hydrogens is 122 g/mol. The maximum absolute atomic E-state index is 4.91. The summed E-state index contributed by atoms with van der Waals surface area (Å²) in [6.45, 7) is 0. The van der Waals surface area contributed by atoms with Gasteiger partial charge in [0.2, 0.25) is 0 Å². The second-order valence-electron chi connectivity index (χ2n) is 1.52. The Morgan fingerprint density at radius 2 is 1.67 bits per heavy atom. The van der Waals surface area contributed by atoms with Crippen LogP contribution in [0.5, 0.6) is 5.75 Å². The van der Waals surface area contributed by atoms with Gasteiger partial charge in [-0.3, -0.25) is 0 Å². The first-order chi connectivity index (χ1) is 3.93.